The maximum Gasteiger partial charge on any atom is 0.317 e. The van der Waals surface area contributed by atoms with Gasteiger partial charge in [0.1, 0.15) is 12.4 Å². The summed E-state index contributed by atoms with van der Waals surface area (Å²) in [6, 6.07) is 9.72. The van der Waals surface area contributed by atoms with Gasteiger partial charge < -0.3 is 24.6 Å². The SMILES string of the molecule is CO[C@H]1CN(C)C(=O)c2cc(NS(=O)(=O)c3ccc(Cl)cc3)ccc2OC[C@H](C)N(C(=O)NC(C)C)C[C@@H]1C. The number of urea groups is 1. The molecule has 0 spiro atoms. The highest BCUT2D eigenvalue weighted by Gasteiger charge is 2.31. The molecule has 214 valence electrons. The second kappa shape index (κ2) is 12.9. The Labute approximate surface area is 235 Å². The zero-order valence-corrected chi connectivity index (χ0v) is 24.7. The minimum absolute atomic E-state index is 0.0323. The van der Waals surface area contributed by atoms with Crippen LogP contribution >= 0.6 is 11.6 Å². The van der Waals surface area contributed by atoms with Gasteiger partial charge in [0, 0.05) is 49.9 Å². The molecule has 1 heterocycles. The first kappa shape index (κ1) is 30.5. The first-order valence-electron chi connectivity index (χ1n) is 12.7. The molecule has 0 saturated carbocycles. The summed E-state index contributed by atoms with van der Waals surface area (Å²) in [5.41, 5.74) is 0.381. The molecule has 0 bridgehead atoms. The lowest BCUT2D eigenvalue weighted by molar-refractivity contribution is 0.0165. The van der Waals surface area contributed by atoms with E-state index in [4.69, 9.17) is 21.1 Å². The third-order valence-electron chi connectivity index (χ3n) is 6.49. The number of sulfonamides is 1. The van der Waals surface area contributed by atoms with Crippen LogP contribution in [-0.2, 0) is 14.8 Å². The highest BCUT2D eigenvalue weighted by molar-refractivity contribution is 7.92. The molecule has 12 heteroatoms. The Morgan fingerprint density at radius 2 is 1.79 bits per heavy atom. The summed E-state index contributed by atoms with van der Waals surface area (Å²) in [4.78, 5) is 29.8. The van der Waals surface area contributed by atoms with Crippen LogP contribution in [0.25, 0.3) is 0 Å². The molecule has 39 heavy (non-hydrogen) atoms. The number of nitrogens with zero attached hydrogens (tertiary/aromatic N) is 2. The Morgan fingerprint density at radius 1 is 1.13 bits per heavy atom. The monoisotopic (exact) mass is 580 g/mol. The molecule has 0 radical (unpaired) electrons. The number of likely N-dealkylation sites (N-methyl/N-ethyl adjacent to an activating group) is 1. The highest BCUT2D eigenvalue weighted by Crippen LogP contribution is 2.28. The van der Waals surface area contributed by atoms with Gasteiger partial charge in [-0.05, 0) is 63.2 Å². The lowest BCUT2D eigenvalue weighted by atomic mass is 10.0. The molecule has 10 nitrogen and oxygen atoms in total. The first-order chi connectivity index (χ1) is 18.3. The molecule has 2 aromatic carbocycles. The number of carbonyl (C=O) groups excluding carboxylic acids is 2. The summed E-state index contributed by atoms with van der Waals surface area (Å²) in [6.07, 6.45) is -0.351. The summed E-state index contributed by atoms with van der Waals surface area (Å²) in [5, 5.41) is 3.36. The second-order valence-corrected chi connectivity index (χ2v) is 12.2. The lowest BCUT2D eigenvalue weighted by Crippen LogP contribution is -2.52. The van der Waals surface area contributed by atoms with E-state index in [-0.39, 0.29) is 71.1 Å². The van der Waals surface area contributed by atoms with Crippen molar-refractivity contribution >= 4 is 39.2 Å². The fourth-order valence-corrected chi connectivity index (χ4v) is 5.46. The average Bonchev–Trinajstić information content (AvgIpc) is 2.87. The quantitative estimate of drug-likeness (QED) is 0.551. The minimum Gasteiger partial charge on any atom is -0.491 e. The number of fused-ring (bicyclic) bond motifs is 1. The van der Waals surface area contributed by atoms with Crippen LogP contribution in [0.15, 0.2) is 47.4 Å². The predicted molar refractivity (Wildman–Crippen MR) is 151 cm³/mol. The van der Waals surface area contributed by atoms with Crippen molar-refractivity contribution in [1.29, 1.82) is 0 Å². The van der Waals surface area contributed by atoms with Crippen LogP contribution in [0.3, 0.4) is 0 Å². The molecule has 1 aliphatic rings. The van der Waals surface area contributed by atoms with E-state index in [0.717, 1.165) is 0 Å². The molecule has 3 rings (SSSR count). The maximum atomic E-state index is 13.5. The first-order valence-corrected chi connectivity index (χ1v) is 14.6. The van der Waals surface area contributed by atoms with E-state index in [9.17, 15) is 18.0 Å². The number of ether oxygens (including phenoxy) is 2. The normalized spacial score (nSPS) is 20.9. The molecule has 0 aromatic heterocycles. The van der Waals surface area contributed by atoms with Crippen LogP contribution in [0.5, 0.6) is 5.75 Å². The zero-order chi connectivity index (χ0) is 28.9. The van der Waals surface area contributed by atoms with E-state index < -0.39 is 10.0 Å². The number of benzene rings is 2. The Morgan fingerprint density at radius 3 is 2.41 bits per heavy atom. The number of carbonyl (C=O) groups is 2. The molecule has 2 aromatic rings. The van der Waals surface area contributed by atoms with Gasteiger partial charge >= 0.3 is 6.03 Å². The second-order valence-electron chi connectivity index (χ2n) is 10.1. The fraction of sp³-hybridized carbons (Fsp3) is 0.481. The zero-order valence-electron chi connectivity index (χ0n) is 23.1. The number of methoxy groups -OCH3 is 1. The molecule has 0 aliphatic carbocycles. The number of amides is 3. The number of halogens is 1. The molecular formula is C27H37ClN4O6S. The van der Waals surface area contributed by atoms with Crippen molar-refractivity contribution in [3.05, 3.63) is 53.1 Å². The van der Waals surface area contributed by atoms with Crippen LogP contribution < -0.4 is 14.8 Å². The third-order valence-corrected chi connectivity index (χ3v) is 8.14. The van der Waals surface area contributed by atoms with E-state index in [1.54, 1.807) is 25.1 Å². The van der Waals surface area contributed by atoms with Gasteiger partial charge in [0.05, 0.1) is 22.6 Å². The van der Waals surface area contributed by atoms with Gasteiger partial charge in [-0.2, -0.15) is 0 Å². The van der Waals surface area contributed by atoms with Gasteiger partial charge in [-0.15, -0.1) is 0 Å². The Kier molecular flexibility index (Phi) is 10.1. The Balaban J connectivity index is 1.97. The van der Waals surface area contributed by atoms with E-state index in [2.05, 4.69) is 10.0 Å². The summed E-state index contributed by atoms with van der Waals surface area (Å²) in [5.74, 6) is -0.170. The molecular weight excluding hydrogens is 544 g/mol. The predicted octanol–water partition coefficient (Wildman–Crippen LogP) is 4.06. The van der Waals surface area contributed by atoms with Crippen molar-refractivity contribution < 1.29 is 27.5 Å². The van der Waals surface area contributed by atoms with E-state index in [1.807, 2.05) is 27.7 Å². The topological polar surface area (TPSA) is 117 Å². The van der Waals surface area contributed by atoms with E-state index >= 15 is 0 Å². The van der Waals surface area contributed by atoms with Gasteiger partial charge in [0.2, 0.25) is 0 Å². The van der Waals surface area contributed by atoms with Crippen molar-refractivity contribution in [2.45, 2.75) is 50.8 Å². The highest BCUT2D eigenvalue weighted by atomic mass is 35.5. The van der Waals surface area contributed by atoms with Gasteiger partial charge in [-0.25, -0.2) is 13.2 Å². The van der Waals surface area contributed by atoms with Crippen molar-refractivity contribution in [2.75, 3.05) is 38.6 Å². The Bertz CT molecular complexity index is 1270. The van der Waals surface area contributed by atoms with Crippen molar-refractivity contribution in [3.8, 4) is 5.75 Å². The summed E-state index contributed by atoms with van der Waals surface area (Å²) in [7, 11) is -0.705. The largest absolute Gasteiger partial charge is 0.491 e. The van der Waals surface area contributed by atoms with E-state index in [0.29, 0.717) is 11.6 Å². The maximum absolute atomic E-state index is 13.5. The van der Waals surface area contributed by atoms with Crippen molar-refractivity contribution in [2.24, 2.45) is 5.92 Å². The van der Waals surface area contributed by atoms with Crippen LogP contribution in [0, 0.1) is 5.92 Å². The molecule has 0 unspecified atom stereocenters. The molecule has 3 amide bonds. The summed E-state index contributed by atoms with van der Waals surface area (Å²) >= 11 is 5.89. The van der Waals surface area contributed by atoms with Crippen molar-refractivity contribution in [3.63, 3.8) is 0 Å². The fourth-order valence-electron chi connectivity index (χ4n) is 4.28. The lowest BCUT2D eigenvalue weighted by Gasteiger charge is -2.36. The third kappa shape index (κ3) is 7.77. The summed E-state index contributed by atoms with van der Waals surface area (Å²) < 4.78 is 40.2. The van der Waals surface area contributed by atoms with E-state index in [1.165, 1.54) is 41.3 Å². The Hall–Kier alpha value is -3.02. The smallest absolute Gasteiger partial charge is 0.317 e. The number of anilines is 1. The van der Waals surface area contributed by atoms with Crippen LogP contribution in [0.1, 0.15) is 38.1 Å². The van der Waals surface area contributed by atoms with Crippen LogP contribution in [0.4, 0.5) is 10.5 Å². The number of hydrogen-bond donors (Lipinski definition) is 2. The van der Waals surface area contributed by atoms with Gasteiger partial charge in [-0.1, -0.05) is 18.5 Å². The summed E-state index contributed by atoms with van der Waals surface area (Å²) in [6.45, 7) is 8.42. The number of nitrogens with one attached hydrogen (secondary N) is 2. The van der Waals surface area contributed by atoms with Gasteiger partial charge in [0.15, 0.2) is 0 Å². The average molecular weight is 581 g/mol. The molecule has 2 N–H and O–H groups in total. The van der Waals surface area contributed by atoms with Crippen LogP contribution in [0.2, 0.25) is 5.02 Å². The van der Waals surface area contributed by atoms with Crippen LogP contribution in [-0.4, -0.2) is 82.2 Å². The molecule has 0 saturated heterocycles. The van der Waals surface area contributed by atoms with Gasteiger partial charge in [-0.3, -0.25) is 9.52 Å². The van der Waals surface area contributed by atoms with Crippen molar-refractivity contribution in [1.82, 2.24) is 15.1 Å². The number of rotatable bonds is 5. The minimum atomic E-state index is -3.93. The number of hydrogen-bond acceptors (Lipinski definition) is 6. The molecule has 1 aliphatic heterocycles. The molecule has 3 atom stereocenters. The standard InChI is InChI=1S/C27H37ClN4O6S/c1-17(2)29-27(34)32-14-18(3)25(37-6)15-31(5)26(33)23-13-21(9-12-24(23)38-16-19(32)4)30-39(35,36)22-10-7-20(28)8-11-22/h7-13,17-19,25,30H,14-16H2,1-6H3,(H,29,34)/t18-,19-,25-/m0/s1. The molecule has 0 fully saturated rings. The van der Waals surface area contributed by atoms with Gasteiger partial charge in [0.25, 0.3) is 15.9 Å².